The summed E-state index contributed by atoms with van der Waals surface area (Å²) >= 11 is 0. The van der Waals surface area contributed by atoms with Crippen LogP contribution in [0.4, 0.5) is 5.82 Å². The maximum atomic E-state index is 12.8. The van der Waals surface area contributed by atoms with Crippen LogP contribution in [-0.2, 0) is 29.1 Å². The number of sulfonamides is 1. The van der Waals surface area contributed by atoms with E-state index in [1.165, 1.54) is 18.3 Å². The van der Waals surface area contributed by atoms with Gasteiger partial charge in [-0.15, -0.1) is 0 Å². The largest absolute Gasteiger partial charge is 0.391 e. The number of aryl methyl sites for hydroxylation is 1. The van der Waals surface area contributed by atoms with Crippen molar-refractivity contribution in [1.29, 1.82) is 0 Å². The van der Waals surface area contributed by atoms with Gasteiger partial charge in [-0.3, -0.25) is 4.79 Å². The molecule has 3 N–H and O–H groups in total. The number of anilines is 1. The average molecular weight is 475 g/mol. The maximum Gasteiger partial charge on any atom is 0.331 e. The molecule has 1 aromatic carbocycles. The molecule has 0 saturated carbocycles. The van der Waals surface area contributed by atoms with Gasteiger partial charge >= 0.3 is 11.9 Å². The highest BCUT2D eigenvalue weighted by Crippen LogP contribution is 2.14. The van der Waals surface area contributed by atoms with E-state index in [-0.39, 0.29) is 17.7 Å². The Morgan fingerprint density at radius 3 is 2.58 bits per heavy atom. The topological polar surface area (TPSA) is 144 Å². The number of benzene rings is 1. The van der Waals surface area contributed by atoms with Crippen molar-refractivity contribution in [2.75, 3.05) is 11.9 Å². The van der Waals surface area contributed by atoms with Crippen molar-refractivity contribution >= 4 is 33.7 Å². The van der Waals surface area contributed by atoms with E-state index in [4.69, 9.17) is 4.74 Å². The van der Waals surface area contributed by atoms with Crippen molar-refractivity contribution in [3.63, 3.8) is 0 Å². The predicted octanol–water partition coefficient (Wildman–Crippen LogP) is 1.28. The van der Waals surface area contributed by atoms with Crippen LogP contribution in [0.1, 0.15) is 31.2 Å². The number of nitrogens with zero attached hydrogens (tertiary/aromatic N) is 1. The standard InChI is InChI=1S/C22H26N4O6S/c1-15-7-9-16(10-8-15)33(30,31)26-18(22(29)32-21(28)17-5-4-14-23-17)11-12-20(27)25-19-6-2-3-13-24-19/h2-3,6-10,13,17-18,23,26H,4-5,11-12,14H2,1H3,(H,24,25,27)/t17-,18-/m0/s1. The first-order valence-corrected chi connectivity index (χ1v) is 12.0. The van der Waals surface area contributed by atoms with E-state index in [0.29, 0.717) is 18.8 Å². The number of pyridine rings is 1. The summed E-state index contributed by atoms with van der Waals surface area (Å²) in [5, 5.41) is 5.49. The summed E-state index contributed by atoms with van der Waals surface area (Å²) in [5.41, 5.74) is 0.866. The van der Waals surface area contributed by atoms with Crippen LogP contribution in [0, 0.1) is 6.92 Å². The molecule has 11 heteroatoms. The molecule has 10 nitrogen and oxygen atoms in total. The van der Waals surface area contributed by atoms with Gasteiger partial charge in [0, 0.05) is 12.6 Å². The quantitative estimate of drug-likeness (QED) is 0.364. The second kappa shape index (κ2) is 11.1. The second-order valence-electron chi connectivity index (χ2n) is 7.68. The molecule has 1 aromatic heterocycles. The van der Waals surface area contributed by atoms with Gasteiger partial charge in [-0.25, -0.2) is 23.0 Å². The Morgan fingerprint density at radius 1 is 1.18 bits per heavy atom. The lowest BCUT2D eigenvalue weighted by Crippen LogP contribution is -2.45. The molecule has 2 atom stereocenters. The summed E-state index contributed by atoms with van der Waals surface area (Å²) in [4.78, 5) is 41.2. The van der Waals surface area contributed by atoms with Gasteiger partial charge < -0.3 is 15.4 Å². The summed E-state index contributed by atoms with van der Waals surface area (Å²) in [6.45, 7) is 2.44. The zero-order valence-corrected chi connectivity index (χ0v) is 18.9. The lowest BCUT2D eigenvalue weighted by Gasteiger charge is -2.18. The van der Waals surface area contributed by atoms with E-state index in [0.717, 1.165) is 12.0 Å². The molecule has 33 heavy (non-hydrogen) atoms. The Bertz CT molecular complexity index is 1080. The second-order valence-corrected chi connectivity index (χ2v) is 9.39. The van der Waals surface area contributed by atoms with Crippen LogP contribution < -0.4 is 15.4 Å². The number of hydrogen-bond acceptors (Lipinski definition) is 8. The predicted molar refractivity (Wildman–Crippen MR) is 120 cm³/mol. The van der Waals surface area contributed by atoms with E-state index in [1.807, 2.05) is 6.92 Å². The molecule has 1 amide bonds. The first kappa shape index (κ1) is 24.5. The zero-order valence-electron chi connectivity index (χ0n) is 18.1. The van der Waals surface area contributed by atoms with Crippen LogP contribution in [0.5, 0.6) is 0 Å². The molecule has 176 valence electrons. The van der Waals surface area contributed by atoms with Gasteiger partial charge in [0.1, 0.15) is 17.9 Å². The fourth-order valence-electron chi connectivity index (χ4n) is 3.24. The van der Waals surface area contributed by atoms with Crippen molar-refractivity contribution in [3.8, 4) is 0 Å². The third-order valence-corrected chi connectivity index (χ3v) is 6.54. The van der Waals surface area contributed by atoms with Gasteiger partial charge in [0.2, 0.25) is 15.9 Å². The zero-order chi connectivity index (χ0) is 23.8. The van der Waals surface area contributed by atoms with Crippen LogP contribution in [0.3, 0.4) is 0 Å². The normalized spacial score (nSPS) is 16.7. The van der Waals surface area contributed by atoms with Crippen molar-refractivity contribution in [2.24, 2.45) is 0 Å². The molecule has 0 aliphatic carbocycles. The van der Waals surface area contributed by atoms with E-state index in [9.17, 15) is 22.8 Å². The van der Waals surface area contributed by atoms with Gasteiger partial charge in [-0.1, -0.05) is 23.8 Å². The van der Waals surface area contributed by atoms with E-state index in [1.54, 1.807) is 30.3 Å². The monoisotopic (exact) mass is 474 g/mol. The summed E-state index contributed by atoms with van der Waals surface area (Å²) in [6.07, 6.45) is 2.38. The molecule has 0 unspecified atom stereocenters. The minimum Gasteiger partial charge on any atom is -0.391 e. The number of hydrogen-bond donors (Lipinski definition) is 3. The fourth-order valence-corrected chi connectivity index (χ4v) is 4.46. The highest BCUT2D eigenvalue weighted by atomic mass is 32.2. The van der Waals surface area contributed by atoms with E-state index >= 15 is 0 Å². The van der Waals surface area contributed by atoms with Crippen LogP contribution in [0.2, 0.25) is 0 Å². The summed E-state index contributed by atoms with van der Waals surface area (Å²) in [5.74, 6) is -1.97. The van der Waals surface area contributed by atoms with Crippen LogP contribution in [-0.4, -0.2) is 49.9 Å². The molecule has 1 fully saturated rings. The molecule has 1 saturated heterocycles. The third-order valence-electron chi connectivity index (χ3n) is 5.05. The van der Waals surface area contributed by atoms with Gasteiger partial charge in [0.25, 0.3) is 0 Å². The Balaban J connectivity index is 1.70. The number of rotatable bonds is 9. The Hall–Kier alpha value is -3.15. The minimum absolute atomic E-state index is 0.0485. The summed E-state index contributed by atoms with van der Waals surface area (Å²) in [7, 11) is -4.10. The molecule has 0 bridgehead atoms. The fraction of sp³-hybridized carbons (Fsp3) is 0.364. The lowest BCUT2D eigenvalue weighted by molar-refractivity contribution is -0.162. The molecule has 0 spiro atoms. The average Bonchev–Trinajstić information content (AvgIpc) is 3.33. The smallest absolute Gasteiger partial charge is 0.331 e. The summed E-state index contributed by atoms with van der Waals surface area (Å²) in [6, 6.07) is 8.99. The maximum absolute atomic E-state index is 12.8. The molecule has 0 radical (unpaired) electrons. The Labute approximate surface area is 192 Å². The lowest BCUT2D eigenvalue weighted by atomic mass is 10.1. The van der Waals surface area contributed by atoms with Crippen molar-refractivity contribution < 1.29 is 27.5 Å². The van der Waals surface area contributed by atoms with Crippen molar-refractivity contribution in [2.45, 2.75) is 49.6 Å². The molecule has 2 aromatic rings. The molecular formula is C22H26N4O6S. The Morgan fingerprint density at radius 2 is 1.94 bits per heavy atom. The van der Waals surface area contributed by atoms with Gasteiger partial charge in [0.05, 0.1) is 4.90 Å². The SMILES string of the molecule is Cc1ccc(S(=O)(=O)N[C@@H](CCC(=O)Nc2ccccn2)C(=O)OC(=O)[C@@H]2CCCN2)cc1. The first-order valence-electron chi connectivity index (χ1n) is 10.5. The third kappa shape index (κ3) is 7.17. The van der Waals surface area contributed by atoms with Crippen LogP contribution in [0.25, 0.3) is 0 Å². The van der Waals surface area contributed by atoms with Crippen molar-refractivity contribution in [3.05, 3.63) is 54.2 Å². The number of carbonyl (C=O) groups is 3. The minimum atomic E-state index is -4.10. The van der Waals surface area contributed by atoms with Gasteiger partial charge in [-0.05, 0) is 57.0 Å². The van der Waals surface area contributed by atoms with E-state index < -0.39 is 40.0 Å². The van der Waals surface area contributed by atoms with Crippen molar-refractivity contribution in [1.82, 2.24) is 15.0 Å². The number of carbonyl (C=O) groups excluding carboxylic acids is 3. The number of esters is 2. The van der Waals surface area contributed by atoms with Crippen LogP contribution in [0.15, 0.2) is 53.6 Å². The first-order chi connectivity index (χ1) is 15.7. The highest BCUT2D eigenvalue weighted by molar-refractivity contribution is 7.89. The number of nitrogens with one attached hydrogen (secondary N) is 3. The number of amides is 1. The Kier molecular flexibility index (Phi) is 8.26. The molecule has 1 aliphatic heterocycles. The number of aromatic nitrogens is 1. The summed E-state index contributed by atoms with van der Waals surface area (Å²) < 4.78 is 32.8. The highest BCUT2D eigenvalue weighted by Gasteiger charge is 2.32. The molecule has 3 rings (SSSR count). The van der Waals surface area contributed by atoms with E-state index in [2.05, 4.69) is 20.3 Å². The molecule has 1 aliphatic rings. The van der Waals surface area contributed by atoms with Gasteiger partial charge in [0.15, 0.2) is 0 Å². The van der Waals surface area contributed by atoms with Crippen LogP contribution >= 0.6 is 0 Å². The molecule has 2 heterocycles. The van der Waals surface area contributed by atoms with Gasteiger partial charge in [-0.2, -0.15) is 4.72 Å². The number of ether oxygens (including phenoxy) is 1. The molecular weight excluding hydrogens is 448 g/mol.